The van der Waals surface area contributed by atoms with E-state index in [0.717, 1.165) is 12.8 Å². The third-order valence-corrected chi connectivity index (χ3v) is 3.03. The van der Waals surface area contributed by atoms with Crippen LogP contribution in [0.3, 0.4) is 0 Å². The summed E-state index contributed by atoms with van der Waals surface area (Å²) in [5.41, 5.74) is 1.51. The van der Waals surface area contributed by atoms with E-state index in [0.29, 0.717) is 24.6 Å². The molecule has 5 heteroatoms. The van der Waals surface area contributed by atoms with Gasteiger partial charge in [-0.05, 0) is 24.1 Å². The highest BCUT2D eigenvalue weighted by molar-refractivity contribution is 5.92. The summed E-state index contributed by atoms with van der Waals surface area (Å²) in [5, 5.41) is 14.0. The molecule has 0 aliphatic carbocycles. The zero-order valence-electron chi connectivity index (χ0n) is 12.2. The molecule has 1 amide bonds. The Balaban J connectivity index is 1.85. The summed E-state index contributed by atoms with van der Waals surface area (Å²) >= 11 is 0. The standard InChI is InChI=1S/C16H20N4O/c1-2-3-11-17-16(21)14-9-10-15(20-19-14)18-12-13-7-5-4-6-8-13/h4-10H,2-3,11-12H2,1H3,(H,17,21)(H,18,20). The summed E-state index contributed by atoms with van der Waals surface area (Å²) in [7, 11) is 0. The van der Waals surface area contributed by atoms with Crippen molar-refractivity contribution < 1.29 is 4.79 Å². The van der Waals surface area contributed by atoms with Crippen LogP contribution in [-0.2, 0) is 6.54 Å². The Morgan fingerprint density at radius 2 is 1.90 bits per heavy atom. The first-order valence-electron chi connectivity index (χ1n) is 7.19. The summed E-state index contributed by atoms with van der Waals surface area (Å²) in [6.07, 6.45) is 2.02. The second kappa shape index (κ2) is 7.99. The normalized spacial score (nSPS) is 10.1. The molecule has 2 aromatic rings. The molecule has 0 saturated heterocycles. The summed E-state index contributed by atoms with van der Waals surface area (Å²) in [6.45, 7) is 3.43. The van der Waals surface area contributed by atoms with Gasteiger partial charge in [0, 0.05) is 13.1 Å². The topological polar surface area (TPSA) is 66.9 Å². The highest BCUT2D eigenvalue weighted by Gasteiger charge is 2.07. The minimum absolute atomic E-state index is 0.175. The maximum absolute atomic E-state index is 11.8. The van der Waals surface area contributed by atoms with E-state index in [1.54, 1.807) is 12.1 Å². The largest absolute Gasteiger partial charge is 0.365 e. The van der Waals surface area contributed by atoms with Gasteiger partial charge < -0.3 is 10.6 Å². The van der Waals surface area contributed by atoms with Crippen LogP contribution in [0.5, 0.6) is 0 Å². The van der Waals surface area contributed by atoms with E-state index >= 15 is 0 Å². The monoisotopic (exact) mass is 284 g/mol. The Hall–Kier alpha value is -2.43. The number of aromatic nitrogens is 2. The molecule has 0 aliphatic rings. The summed E-state index contributed by atoms with van der Waals surface area (Å²) in [4.78, 5) is 11.8. The maximum Gasteiger partial charge on any atom is 0.271 e. The van der Waals surface area contributed by atoms with Crippen molar-refractivity contribution in [1.82, 2.24) is 15.5 Å². The SMILES string of the molecule is CCCCNC(=O)c1ccc(NCc2ccccc2)nn1. The molecule has 0 aliphatic heterocycles. The second-order valence-electron chi connectivity index (χ2n) is 4.75. The van der Waals surface area contributed by atoms with Gasteiger partial charge in [0.2, 0.25) is 0 Å². The number of carbonyl (C=O) groups is 1. The Kier molecular flexibility index (Phi) is 5.70. The van der Waals surface area contributed by atoms with Crippen LogP contribution in [0.25, 0.3) is 0 Å². The van der Waals surface area contributed by atoms with Crippen LogP contribution in [0.15, 0.2) is 42.5 Å². The Morgan fingerprint density at radius 1 is 1.10 bits per heavy atom. The van der Waals surface area contributed by atoms with Crippen molar-refractivity contribution >= 4 is 11.7 Å². The predicted molar refractivity (Wildman–Crippen MR) is 83.0 cm³/mol. The van der Waals surface area contributed by atoms with Crippen LogP contribution in [0.1, 0.15) is 35.8 Å². The number of unbranched alkanes of at least 4 members (excludes halogenated alkanes) is 1. The van der Waals surface area contributed by atoms with Crippen LogP contribution in [0.4, 0.5) is 5.82 Å². The van der Waals surface area contributed by atoms with Gasteiger partial charge in [0.1, 0.15) is 5.82 Å². The molecule has 1 aromatic heterocycles. The first-order chi connectivity index (χ1) is 10.3. The molecule has 110 valence electrons. The first-order valence-corrected chi connectivity index (χ1v) is 7.19. The van der Waals surface area contributed by atoms with Crippen molar-refractivity contribution in [3.05, 3.63) is 53.7 Å². The summed E-state index contributed by atoms with van der Waals surface area (Å²) < 4.78 is 0. The summed E-state index contributed by atoms with van der Waals surface area (Å²) in [5.74, 6) is 0.481. The fourth-order valence-electron chi connectivity index (χ4n) is 1.81. The molecule has 5 nitrogen and oxygen atoms in total. The summed E-state index contributed by atoms with van der Waals surface area (Å²) in [6, 6.07) is 13.5. The third-order valence-electron chi connectivity index (χ3n) is 3.03. The molecule has 0 radical (unpaired) electrons. The highest BCUT2D eigenvalue weighted by atomic mass is 16.1. The molecule has 21 heavy (non-hydrogen) atoms. The number of nitrogens with one attached hydrogen (secondary N) is 2. The fraction of sp³-hybridized carbons (Fsp3) is 0.312. The van der Waals surface area contributed by atoms with Gasteiger partial charge in [-0.25, -0.2) is 0 Å². The minimum atomic E-state index is -0.175. The van der Waals surface area contributed by atoms with E-state index in [-0.39, 0.29) is 5.91 Å². The maximum atomic E-state index is 11.8. The molecule has 2 N–H and O–H groups in total. The van der Waals surface area contributed by atoms with Crippen molar-refractivity contribution in [2.75, 3.05) is 11.9 Å². The highest BCUT2D eigenvalue weighted by Crippen LogP contribution is 2.05. The smallest absolute Gasteiger partial charge is 0.271 e. The lowest BCUT2D eigenvalue weighted by Gasteiger charge is -2.06. The number of anilines is 1. The van der Waals surface area contributed by atoms with Gasteiger partial charge in [0.25, 0.3) is 5.91 Å². The van der Waals surface area contributed by atoms with E-state index in [1.165, 1.54) is 5.56 Å². The van der Waals surface area contributed by atoms with Crippen molar-refractivity contribution in [3.63, 3.8) is 0 Å². The Bertz CT molecular complexity index is 554. The quantitative estimate of drug-likeness (QED) is 0.767. The van der Waals surface area contributed by atoms with E-state index < -0.39 is 0 Å². The van der Waals surface area contributed by atoms with E-state index in [2.05, 4.69) is 27.8 Å². The lowest BCUT2D eigenvalue weighted by molar-refractivity contribution is 0.0947. The lowest BCUT2D eigenvalue weighted by atomic mass is 10.2. The van der Waals surface area contributed by atoms with E-state index in [9.17, 15) is 4.79 Å². The second-order valence-corrected chi connectivity index (χ2v) is 4.75. The molecule has 0 atom stereocenters. The van der Waals surface area contributed by atoms with Gasteiger partial charge in [-0.3, -0.25) is 4.79 Å². The number of nitrogens with zero attached hydrogens (tertiary/aromatic N) is 2. The van der Waals surface area contributed by atoms with Gasteiger partial charge in [-0.1, -0.05) is 43.7 Å². The molecule has 0 spiro atoms. The lowest BCUT2D eigenvalue weighted by Crippen LogP contribution is -2.25. The van der Waals surface area contributed by atoms with E-state index in [1.807, 2.05) is 30.3 Å². The fourth-order valence-corrected chi connectivity index (χ4v) is 1.81. The van der Waals surface area contributed by atoms with Crippen LogP contribution in [-0.4, -0.2) is 22.6 Å². The third kappa shape index (κ3) is 4.87. The average molecular weight is 284 g/mol. The molecule has 0 bridgehead atoms. The number of hydrogen-bond acceptors (Lipinski definition) is 4. The Labute approximate surface area is 124 Å². The number of benzene rings is 1. The zero-order valence-corrected chi connectivity index (χ0v) is 12.2. The minimum Gasteiger partial charge on any atom is -0.365 e. The number of rotatable bonds is 7. The molecular weight excluding hydrogens is 264 g/mol. The van der Waals surface area contributed by atoms with Crippen LogP contribution < -0.4 is 10.6 Å². The predicted octanol–water partition coefficient (Wildman–Crippen LogP) is 2.62. The van der Waals surface area contributed by atoms with Gasteiger partial charge in [-0.2, -0.15) is 0 Å². The van der Waals surface area contributed by atoms with Crippen molar-refractivity contribution in [1.29, 1.82) is 0 Å². The van der Waals surface area contributed by atoms with E-state index in [4.69, 9.17) is 0 Å². The van der Waals surface area contributed by atoms with Crippen LogP contribution in [0.2, 0.25) is 0 Å². The van der Waals surface area contributed by atoms with Crippen LogP contribution >= 0.6 is 0 Å². The molecular formula is C16H20N4O. The van der Waals surface area contributed by atoms with Gasteiger partial charge in [0.05, 0.1) is 0 Å². The number of hydrogen-bond donors (Lipinski definition) is 2. The van der Waals surface area contributed by atoms with Crippen molar-refractivity contribution in [3.8, 4) is 0 Å². The average Bonchev–Trinajstić information content (AvgIpc) is 2.54. The first kappa shape index (κ1) is 15.0. The molecule has 1 heterocycles. The van der Waals surface area contributed by atoms with Gasteiger partial charge in [0.15, 0.2) is 5.69 Å². The molecule has 0 saturated carbocycles. The van der Waals surface area contributed by atoms with Gasteiger partial charge in [-0.15, -0.1) is 10.2 Å². The molecule has 0 fully saturated rings. The van der Waals surface area contributed by atoms with Crippen molar-refractivity contribution in [2.45, 2.75) is 26.3 Å². The van der Waals surface area contributed by atoms with Gasteiger partial charge >= 0.3 is 0 Å². The number of amides is 1. The molecule has 2 rings (SSSR count). The molecule has 0 unspecified atom stereocenters. The Morgan fingerprint density at radius 3 is 2.57 bits per heavy atom. The number of carbonyl (C=O) groups excluding carboxylic acids is 1. The van der Waals surface area contributed by atoms with Crippen molar-refractivity contribution in [2.24, 2.45) is 0 Å². The van der Waals surface area contributed by atoms with Crippen LogP contribution in [0, 0.1) is 0 Å². The molecule has 1 aromatic carbocycles. The zero-order chi connectivity index (χ0) is 14.9.